The van der Waals surface area contributed by atoms with Crippen LogP contribution in [-0.2, 0) is 21.4 Å². The van der Waals surface area contributed by atoms with E-state index in [-0.39, 0.29) is 18.1 Å². The second-order valence-corrected chi connectivity index (χ2v) is 8.40. The average molecular weight is 383 g/mol. The minimum absolute atomic E-state index is 0.0506. The molecule has 2 rings (SSSR count). The van der Waals surface area contributed by atoms with Gasteiger partial charge < -0.3 is 10.2 Å². The summed E-state index contributed by atoms with van der Waals surface area (Å²) >= 11 is 6.12. The van der Waals surface area contributed by atoms with Gasteiger partial charge in [0.15, 0.2) is 0 Å². The lowest BCUT2D eigenvalue weighted by Gasteiger charge is -2.17. The van der Waals surface area contributed by atoms with Gasteiger partial charge in [-0.2, -0.15) is 5.10 Å². The molecule has 138 valence electrons. The van der Waals surface area contributed by atoms with Crippen molar-refractivity contribution in [1.82, 2.24) is 19.4 Å². The molecule has 1 saturated heterocycles. The van der Waals surface area contributed by atoms with E-state index >= 15 is 0 Å². The van der Waals surface area contributed by atoms with Crippen molar-refractivity contribution in [3.8, 4) is 0 Å². The minimum Gasteiger partial charge on any atom is -0.483 e. The summed E-state index contributed by atoms with van der Waals surface area (Å²) in [5.41, 5.74) is 1.52. The van der Waals surface area contributed by atoms with E-state index in [1.807, 2.05) is 11.8 Å². The van der Waals surface area contributed by atoms with Crippen LogP contribution in [-0.4, -0.2) is 83.5 Å². The zero-order valence-electron chi connectivity index (χ0n) is 13.8. The molecule has 0 bridgehead atoms. The first-order valence-corrected chi connectivity index (χ1v) is 9.18. The van der Waals surface area contributed by atoms with E-state index in [1.165, 1.54) is 18.4 Å². The highest BCUT2D eigenvalue weighted by Gasteiger charge is 2.35. The lowest BCUT2D eigenvalue weighted by molar-refractivity contribution is -0.122. The van der Waals surface area contributed by atoms with E-state index in [0.717, 1.165) is 11.4 Å². The van der Waals surface area contributed by atoms with Gasteiger partial charge in [0, 0.05) is 39.6 Å². The van der Waals surface area contributed by atoms with Gasteiger partial charge >= 0.3 is 0 Å². The van der Waals surface area contributed by atoms with Crippen LogP contribution < -0.4 is 0 Å². The van der Waals surface area contributed by atoms with Gasteiger partial charge in [0.25, 0.3) is 6.47 Å². The second kappa shape index (κ2) is 8.77. The average Bonchev–Trinajstić information content (AvgIpc) is 2.96. The van der Waals surface area contributed by atoms with Crippen molar-refractivity contribution >= 4 is 28.1 Å². The summed E-state index contributed by atoms with van der Waals surface area (Å²) in [6.07, 6.45) is -0.654. The molecule has 0 amide bonds. The van der Waals surface area contributed by atoms with Gasteiger partial charge in [-0.3, -0.25) is 14.8 Å². The number of aliphatic hydroxyl groups excluding tert-OH is 1. The predicted octanol–water partition coefficient (Wildman–Crippen LogP) is -0.244. The quantitative estimate of drug-likeness (QED) is 0.599. The number of β-amino-alcohol motifs (C(OH)–C–C–N with tert-alkyl or cyclic N) is 1. The van der Waals surface area contributed by atoms with Crippen LogP contribution in [0.2, 0.25) is 5.02 Å². The smallest absolute Gasteiger partial charge is 0.290 e. The van der Waals surface area contributed by atoms with Crippen LogP contribution in [0.4, 0.5) is 0 Å². The van der Waals surface area contributed by atoms with Gasteiger partial charge in [-0.15, -0.1) is 0 Å². The Morgan fingerprint density at radius 1 is 1.46 bits per heavy atom. The van der Waals surface area contributed by atoms with Crippen LogP contribution in [0.15, 0.2) is 0 Å². The number of nitrogens with zero attached hydrogens (tertiary/aromatic N) is 3. The molecule has 0 radical (unpaired) electrons. The molecule has 24 heavy (non-hydrogen) atoms. The molecular weight excluding hydrogens is 360 g/mol. The second-order valence-electron chi connectivity index (χ2n) is 5.80. The summed E-state index contributed by atoms with van der Waals surface area (Å²) in [6, 6.07) is 0. The molecule has 3 N–H and O–H groups in total. The van der Waals surface area contributed by atoms with Crippen molar-refractivity contribution in [1.29, 1.82) is 0 Å². The Morgan fingerprint density at radius 3 is 2.50 bits per heavy atom. The SMILES string of the molecule is Cc1[nH]nc(CN2C[C@@H](CS(=O)(=O)N(C)C)[C@@H](O)C2)c1Cl.O=CO. The van der Waals surface area contributed by atoms with Crippen molar-refractivity contribution in [3.05, 3.63) is 16.4 Å². The van der Waals surface area contributed by atoms with E-state index in [2.05, 4.69) is 10.2 Å². The van der Waals surface area contributed by atoms with E-state index in [1.54, 1.807) is 0 Å². The summed E-state index contributed by atoms with van der Waals surface area (Å²) in [5.74, 6) is -0.346. The normalized spacial score (nSPS) is 21.6. The molecule has 1 aromatic rings. The van der Waals surface area contributed by atoms with Crippen molar-refractivity contribution in [3.63, 3.8) is 0 Å². The lowest BCUT2D eigenvalue weighted by atomic mass is 10.1. The molecule has 0 saturated carbocycles. The van der Waals surface area contributed by atoms with Crippen LogP contribution in [0, 0.1) is 12.8 Å². The summed E-state index contributed by atoms with van der Waals surface area (Å²) < 4.78 is 25.0. The zero-order valence-corrected chi connectivity index (χ0v) is 15.4. The molecule has 2 atom stereocenters. The third kappa shape index (κ3) is 5.42. The summed E-state index contributed by atoms with van der Waals surface area (Å²) in [7, 11) is -0.315. The minimum atomic E-state index is -3.32. The van der Waals surface area contributed by atoms with E-state index in [0.29, 0.717) is 24.7 Å². The van der Waals surface area contributed by atoms with Crippen molar-refractivity contribution in [2.45, 2.75) is 19.6 Å². The maximum Gasteiger partial charge on any atom is 0.290 e. The first-order chi connectivity index (χ1) is 11.1. The topological polar surface area (TPSA) is 127 Å². The largest absolute Gasteiger partial charge is 0.483 e. The lowest BCUT2D eigenvalue weighted by Crippen LogP contribution is -2.33. The van der Waals surface area contributed by atoms with Crippen LogP contribution in [0.25, 0.3) is 0 Å². The highest BCUT2D eigenvalue weighted by molar-refractivity contribution is 7.89. The Hall–Kier alpha value is -1.20. The number of likely N-dealkylation sites (tertiary alicyclic amines) is 1. The number of aryl methyl sites for hydroxylation is 1. The molecule has 0 unspecified atom stereocenters. The monoisotopic (exact) mass is 382 g/mol. The number of halogens is 1. The third-order valence-corrected chi connectivity index (χ3v) is 6.24. The number of hydrogen-bond acceptors (Lipinski definition) is 6. The van der Waals surface area contributed by atoms with E-state index in [4.69, 9.17) is 21.5 Å². The number of carboxylic acid groups (broad SMARTS) is 1. The number of nitrogens with one attached hydrogen (secondary N) is 1. The summed E-state index contributed by atoms with van der Waals surface area (Å²) in [6.45, 7) is 3.02. The van der Waals surface area contributed by atoms with Crippen LogP contribution >= 0.6 is 11.6 Å². The first kappa shape index (κ1) is 20.8. The molecule has 0 aliphatic carbocycles. The van der Waals surface area contributed by atoms with Gasteiger partial charge in [0.05, 0.1) is 28.3 Å². The van der Waals surface area contributed by atoms with Gasteiger partial charge in [0.2, 0.25) is 10.0 Å². The van der Waals surface area contributed by atoms with Crippen molar-refractivity contribution < 1.29 is 23.4 Å². The molecule has 1 aliphatic rings. The molecular formula is C13H23ClN4O5S. The van der Waals surface area contributed by atoms with Crippen molar-refractivity contribution in [2.75, 3.05) is 32.9 Å². The molecule has 11 heteroatoms. The van der Waals surface area contributed by atoms with Gasteiger partial charge in [0.1, 0.15) is 0 Å². The molecule has 0 aromatic carbocycles. The number of rotatable bonds is 5. The van der Waals surface area contributed by atoms with Crippen LogP contribution in [0.1, 0.15) is 11.4 Å². The summed E-state index contributed by atoms with van der Waals surface area (Å²) in [5, 5.41) is 24.5. The van der Waals surface area contributed by atoms with Gasteiger partial charge in [-0.05, 0) is 6.92 Å². The van der Waals surface area contributed by atoms with Crippen LogP contribution in [0.5, 0.6) is 0 Å². The molecule has 0 spiro atoms. The standard InChI is InChI=1S/C12H21ClN4O3S.CH2O2/c1-8-12(13)10(15-14-8)5-17-4-9(11(18)6-17)7-21(19,20)16(2)3;2-1-3/h9,11,18H,4-7H2,1-3H3,(H,14,15);1H,(H,2,3)/t9-,11-;/m0./s1. The van der Waals surface area contributed by atoms with Crippen molar-refractivity contribution in [2.24, 2.45) is 5.92 Å². The number of H-pyrrole nitrogens is 1. The first-order valence-electron chi connectivity index (χ1n) is 7.20. The molecule has 1 fully saturated rings. The Labute approximate surface area is 146 Å². The fourth-order valence-electron chi connectivity index (χ4n) is 2.44. The summed E-state index contributed by atoms with van der Waals surface area (Å²) in [4.78, 5) is 10.3. The number of carbonyl (C=O) groups is 1. The predicted molar refractivity (Wildman–Crippen MR) is 89.3 cm³/mol. The zero-order chi connectivity index (χ0) is 18.5. The van der Waals surface area contributed by atoms with Gasteiger partial charge in [-0.1, -0.05) is 11.6 Å². The highest BCUT2D eigenvalue weighted by Crippen LogP contribution is 2.24. The Bertz CT molecular complexity index is 649. The highest BCUT2D eigenvalue weighted by atomic mass is 35.5. The van der Waals surface area contributed by atoms with E-state index in [9.17, 15) is 13.5 Å². The number of hydrogen-bond donors (Lipinski definition) is 3. The maximum absolute atomic E-state index is 11.9. The number of aromatic amines is 1. The fraction of sp³-hybridized carbons (Fsp3) is 0.692. The molecule has 2 heterocycles. The Balaban J connectivity index is 0.000000891. The van der Waals surface area contributed by atoms with E-state index < -0.39 is 16.1 Å². The molecule has 1 aliphatic heterocycles. The number of aromatic nitrogens is 2. The number of aliphatic hydroxyl groups is 1. The Morgan fingerprint density at radius 2 is 2.04 bits per heavy atom. The third-order valence-electron chi connectivity index (χ3n) is 3.78. The van der Waals surface area contributed by atoms with Crippen LogP contribution in [0.3, 0.4) is 0 Å². The van der Waals surface area contributed by atoms with Gasteiger partial charge in [-0.25, -0.2) is 12.7 Å². The fourth-order valence-corrected chi connectivity index (χ4v) is 3.75. The molecule has 9 nitrogen and oxygen atoms in total. The molecule has 1 aromatic heterocycles. The maximum atomic E-state index is 11.9. The Kier molecular flexibility index (Phi) is 7.61. The number of sulfonamides is 1.